The Morgan fingerprint density at radius 1 is 1.06 bits per heavy atom. The van der Waals surface area contributed by atoms with Gasteiger partial charge in [0.25, 0.3) is 0 Å². The Labute approximate surface area is 202 Å². The van der Waals surface area contributed by atoms with Crippen molar-refractivity contribution >= 4 is 28.8 Å². The Balaban J connectivity index is 1.67. The minimum absolute atomic E-state index is 0.0473. The van der Waals surface area contributed by atoms with Crippen molar-refractivity contribution in [2.75, 3.05) is 12.4 Å². The van der Waals surface area contributed by atoms with Crippen molar-refractivity contribution < 1.29 is 4.74 Å². The third-order valence-corrected chi connectivity index (χ3v) is 6.07. The molecule has 34 heavy (non-hydrogen) atoms. The average Bonchev–Trinajstić information content (AvgIpc) is 2.84. The summed E-state index contributed by atoms with van der Waals surface area (Å²) in [6.07, 6.45) is 5.16. The van der Waals surface area contributed by atoms with E-state index in [9.17, 15) is 0 Å². The Morgan fingerprint density at radius 2 is 1.79 bits per heavy atom. The van der Waals surface area contributed by atoms with Crippen molar-refractivity contribution in [3.63, 3.8) is 0 Å². The minimum atomic E-state index is 0.0473. The molecule has 0 radical (unpaired) electrons. The van der Waals surface area contributed by atoms with E-state index in [1.54, 1.807) is 0 Å². The van der Waals surface area contributed by atoms with Gasteiger partial charge in [-0.05, 0) is 61.2 Å². The average molecular weight is 450 g/mol. The monoisotopic (exact) mass is 449 g/mol. The number of hydrogen-bond donors (Lipinski definition) is 3. The predicted molar refractivity (Wildman–Crippen MR) is 144 cm³/mol. The molecule has 1 aliphatic rings. The molecule has 0 aromatic heterocycles. The van der Waals surface area contributed by atoms with Gasteiger partial charge in [-0.15, -0.1) is 0 Å². The van der Waals surface area contributed by atoms with Crippen molar-refractivity contribution in [1.82, 2.24) is 5.32 Å². The summed E-state index contributed by atoms with van der Waals surface area (Å²) < 4.78 is 6.53. The SMILES string of the molecule is C=C1C=C(c2ccc(/C(C=N)=C/NC)cc2)Oc2c1cc(C)cc2[C@H](C)Nc1ccccc1C. The highest BCUT2D eigenvalue weighted by molar-refractivity contribution is 6.08. The molecule has 0 saturated carbocycles. The van der Waals surface area contributed by atoms with Gasteiger partial charge >= 0.3 is 0 Å². The third-order valence-electron chi connectivity index (χ3n) is 6.07. The normalized spacial score (nSPS) is 13.9. The first kappa shape index (κ1) is 23.1. The van der Waals surface area contributed by atoms with Gasteiger partial charge in [-0.3, -0.25) is 0 Å². The standard InChI is InChI=1S/C30H31N3O/c1-19-14-26-21(3)16-29(24-12-10-23(11-13-24)25(17-31)18-32-5)34-30(26)27(15-19)22(4)33-28-9-7-6-8-20(28)2/h6-18,22,31-33H,3H2,1-2,4-5H3/b25-18+,31-17?/t22-/m0/s1. The minimum Gasteiger partial charge on any atom is -0.456 e. The molecule has 0 saturated heterocycles. The van der Waals surface area contributed by atoms with E-state index in [0.717, 1.165) is 50.6 Å². The molecule has 3 aromatic carbocycles. The van der Waals surface area contributed by atoms with Crippen molar-refractivity contribution in [3.05, 3.63) is 113 Å². The van der Waals surface area contributed by atoms with Crippen LogP contribution in [0.15, 0.2) is 79.5 Å². The third kappa shape index (κ3) is 4.67. The second-order valence-electron chi connectivity index (χ2n) is 8.66. The molecule has 3 N–H and O–H groups in total. The first-order valence-electron chi connectivity index (χ1n) is 11.5. The molecule has 0 fully saturated rings. The van der Waals surface area contributed by atoms with Gasteiger partial charge in [0.15, 0.2) is 0 Å². The van der Waals surface area contributed by atoms with Crippen LogP contribution < -0.4 is 15.4 Å². The van der Waals surface area contributed by atoms with Crippen LogP contribution in [0.3, 0.4) is 0 Å². The number of para-hydroxylation sites is 1. The van der Waals surface area contributed by atoms with Crippen LogP contribution in [0.1, 0.15) is 46.3 Å². The van der Waals surface area contributed by atoms with E-state index >= 15 is 0 Å². The van der Waals surface area contributed by atoms with E-state index < -0.39 is 0 Å². The zero-order valence-electron chi connectivity index (χ0n) is 20.2. The fraction of sp³-hybridized carbons (Fsp3) is 0.167. The Bertz CT molecular complexity index is 1300. The van der Waals surface area contributed by atoms with Crippen molar-refractivity contribution in [2.24, 2.45) is 0 Å². The number of nitrogens with one attached hydrogen (secondary N) is 3. The number of hydrogen-bond acceptors (Lipinski definition) is 4. The summed E-state index contributed by atoms with van der Waals surface area (Å²) in [4.78, 5) is 0. The second kappa shape index (κ2) is 9.84. The van der Waals surface area contributed by atoms with Gasteiger partial charge in [0.1, 0.15) is 11.5 Å². The van der Waals surface area contributed by atoms with E-state index in [-0.39, 0.29) is 6.04 Å². The quantitative estimate of drug-likeness (QED) is 0.336. The van der Waals surface area contributed by atoms with Gasteiger partial charge in [-0.1, -0.05) is 55.1 Å². The number of fused-ring (bicyclic) bond motifs is 1. The van der Waals surface area contributed by atoms with Crippen LogP contribution in [0, 0.1) is 19.3 Å². The maximum atomic E-state index is 7.65. The lowest BCUT2D eigenvalue weighted by Crippen LogP contribution is -2.13. The summed E-state index contributed by atoms with van der Waals surface area (Å²) in [5, 5.41) is 14.3. The number of benzene rings is 3. The van der Waals surface area contributed by atoms with E-state index in [4.69, 9.17) is 10.1 Å². The van der Waals surface area contributed by atoms with Crippen molar-refractivity contribution in [1.29, 1.82) is 5.41 Å². The first-order chi connectivity index (χ1) is 16.4. The molecule has 0 unspecified atom stereocenters. The maximum absolute atomic E-state index is 7.65. The number of rotatable bonds is 7. The first-order valence-corrected chi connectivity index (χ1v) is 11.5. The predicted octanol–water partition coefficient (Wildman–Crippen LogP) is 7.13. The lowest BCUT2D eigenvalue weighted by molar-refractivity contribution is 0.499. The zero-order valence-corrected chi connectivity index (χ0v) is 20.2. The van der Waals surface area contributed by atoms with Gasteiger partial charge in [0.2, 0.25) is 0 Å². The van der Waals surface area contributed by atoms with E-state index in [2.05, 4.69) is 68.3 Å². The van der Waals surface area contributed by atoms with E-state index in [1.165, 1.54) is 17.3 Å². The molecule has 4 heteroatoms. The van der Waals surface area contributed by atoms with Crippen LogP contribution in [0.25, 0.3) is 16.9 Å². The van der Waals surface area contributed by atoms with Crippen LogP contribution in [0.4, 0.5) is 5.69 Å². The van der Waals surface area contributed by atoms with Gasteiger partial charge < -0.3 is 20.8 Å². The molecule has 4 rings (SSSR count). The number of anilines is 1. The number of aryl methyl sites for hydroxylation is 2. The van der Waals surface area contributed by atoms with Gasteiger partial charge in [-0.2, -0.15) is 0 Å². The molecule has 3 aromatic rings. The largest absolute Gasteiger partial charge is 0.456 e. The second-order valence-corrected chi connectivity index (χ2v) is 8.66. The topological polar surface area (TPSA) is 57.1 Å². The lowest BCUT2D eigenvalue weighted by atomic mass is 9.93. The Kier molecular flexibility index (Phi) is 6.69. The smallest absolute Gasteiger partial charge is 0.140 e. The summed E-state index contributed by atoms with van der Waals surface area (Å²) in [7, 11) is 1.83. The molecule has 0 amide bonds. The van der Waals surface area contributed by atoms with Gasteiger partial charge in [0.05, 0.1) is 6.04 Å². The summed E-state index contributed by atoms with van der Waals surface area (Å²) >= 11 is 0. The fourth-order valence-corrected chi connectivity index (χ4v) is 4.23. The van der Waals surface area contributed by atoms with Crippen LogP contribution >= 0.6 is 0 Å². The molecule has 172 valence electrons. The van der Waals surface area contributed by atoms with Crippen LogP contribution in [-0.2, 0) is 0 Å². The Morgan fingerprint density at radius 3 is 2.47 bits per heavy atom. The van der Waals surface area contributed by atoms with Crippen LogP contribution in [0.5, 0.6) is 5.75 Å². The molecule has 0 bridgehead atoms. The number of ether oxygens (including phenoxy) is 1. The lowest BCUT2D eigenvalue weighted by Gasteiger charge is -2.27. The molecule has 1 atom stereocenters. The van der Waals surface area contributed by atoms with Gasteiger partial charge in [0, 0.05) is 47.4 Å². The highest BCUT2D eigenvalue weighted by Gasteiger charge is 2.23. The molecule has 0 aliphatic carbocycles. The van der Waals surface area contributed by atoms with E-state index in [1.807, 2.05) is 49.7 Å². The van der Waals surface area contributed by atoms with Crippen LogP contribution in [-0.4, -0.2) is 13.3 Å². The molecule has 0 spiro atoms. The Hall–Kier alpha value is -4.05. The van der Waals surface area contributed by atoms with Crippen molar-refractivity contribution in [3.8, 4) is 5.75 Å². The molecule has 1 aliphatic heterocycles. The summed E-state index contributed by atoms with van der Waals surface area (Å²) in [5.74, 6) is 1.62. The van der Waals surface area contributed by atoms with Crippen LogP contribution in [0.2, 0.25) is 0 Å². The summed E-state index contributed by atoms with van der Waals surface area (Å²) in [5.41, 5.74) is 9.31. The van der Waals surface area contributed by atoms with Crippen molar-refractivity contribution in [2.45, 2.75) is 26.8 Å². The molecule has 4 nitrogen and oxygen atoms in total. The summed E-state index contributed by atoms with van der Waals surface area (Å²) in [6.45, 7) is 10.7. The molecule has 1 heterocycles. The highest BCUT2D eigenvalue weighted by Crippen LogP contribution is 2.42. The highest BCUT2D eigenvalue weighted by atomic mass is 16.5. The molecular weight excluding hydrogens is 418 g/mol. The fourth-order valence-electron chi connectivity index (χ4n) is 4.23. The van der Waals surface area contributed by atoms with E-state index in [0.29, 0.717) is 0 Å². The van der Waals surface area contributed by atoms with Gasteiger partial charge in [-0.25, -0.2) is 0 Å². The maximum Gasteiger partial charge on any atom is 0.140 e. The molecular formula is C30H31N3O. The number of allylic oxidation sites excluding steroid dienone is 3. The summed E-state index contributed by atoms with van der Waals surface area (Å²) in [6, 6.07) is 20.7. The zero-order chi connectivity index (χ0) is 24.2.